The van der Waals surface area contributed by atoms with E-state index in [2.05, 4.69) is 10.6 Å². The molecule has 0 radical (unpaired) electrons. The zero-order valence-electron chi connectivity index (χ0n) is 12.8. The van der Waals surface area contributed by atoms with Gasteiger partial charge in [0, 0.05) is 36.0 Å². The molecular weight excluding hydrogens is 296 g/mol. The molecule has 1 aliphatic carbocycles. The third-order valence-corrected chi connectivity index (χ3v) is 4.00. The van der Waals surface area contributed by atoms with E-state index in [4.69, 9.17) is 4.42 Å². The summed E-state index contributed by atoms with van der Waals surface area (Å²) in [6, 6.07) is 8.03. The van der Waals surface area contributed by atoms with Crippen molar-refractivity contribution in [1.82, 2.24) is 5.32 Å². The van der Waals surface area contributed by atoms with Gasteiger partial charge in [-0.1, -0.05) is 6.92 Å². The molecule has 23 heavy (non-hydrogen) atoms. The number of carbonyl (C=O) groups excluding carboxylic acids is 2. The van der Waals surface area contributed by atoms with Crippen LogP contribution in [0.2, 0.25) is 0 Å². The summed E-state index contributed by atoms with van der Waals surface area (Å²) in [6.07, 6.45) is 1.15. The van der Waals surface area contributed by atoms with Crippen molar-refractivity contribution in [3.05, 3.63) is 40.8 Å². The average molecular weight is 314 g/mol. The minimum absolute atomic E-state index is 0.0334. The Kier molecular flexibility index (Phi) is 4.14. The van der Waals surface area contributed by atoms with E-state index < -0.39 is 5.63 Å². The van der Waals surface area contributed by atoms with Crippen molar-refractivity contribution in [2.24, 2.45) is 11.8 Å². The molecule has 0 spiro atoms. The molecule has 2 N–H and O–H groups in total. The quantitative estimate of drug-likeness (QED) is 0.825. The first-order valence-electron chi connectivity index (χ1n) is 7.64. The molecule has 1 fully saturated rings. The van der Waals surface area contributed by atoms with E-state index in [0.29, 0.717) is 23.7 Å². The van der Waals surface area contributed by atoms with Crippen molar-refractivity contribution in [3.8, 4) is 0 Å². The van der Waals surface area contributed by atoms with Gasteiger partial charge in [0.25, 0.3) is 0 Å². The van der Waals surface area contributed by atoms with E-state index in [1.807, 2.05) is 6.92 Å². The number of hydrogen-bond acceptors (Lipinski definition) is 4. The molecule has 0 saturated heterocycles. The zero-order valence-corrected chi connectivity index (χ0v) is 12.8. The Bertz CT molecular complexity index is 812. The lowest BCUT2D eigenvalue weighted by molar-refractivity contribution is -0.122. The minimum Gasteiger partial charge on any atom is -0.423 e. The number of nitrogens with one attached hydrogen (secondary N) is 2. The van der Waals surface area contributed by atoms with Crippen molar-refractivity contribution in [3.63, 3.8) is 0 Å². The lowest BCUT2D eigenvalue weighted by Crippen LogP contribution is -2.29. The van der Waals surface area contributed by atoms with Crippen LogP contribution in [0.1, 0.15) is 19.8 Å². The molecule has 0 aliphatic heterocycles. The molecule has 2 amide bonds. The molecular formula is C17H18N2O4. The highest BCUT2D eigenvalue weighted by Gasteiger charge is 2.38. The SMILES string of the molecule is C[C@H]1C[C@H]1C(=O)NCCC(=O)Nc1ccc2oc(=O)ccc2c1. The van der Waals surface area contributed by atoms with Gasteiger partial charge in [-0.25, -0.2) is 4.79 Å². The molecule has 2 atom stereocenters. The molecule has 1 heterocycles. The van der Waals surface area contributed by atoms with Crippen molar-refractivity contribution in [2.75, 3.05) is 11.9 Å². The van der Waals surface area contributed by atoms with Crippen molar-refractivity contribution < 1.29 is 14.0 Å². The van der Waals surface area contributed by atoms with E-state index in [1.165, 1.54) is 6.07 Å². The highest BCUT2D eigenvalue weighted by atomic mass is 16.4. The maximum Gasteiger partial charge on any atom is 0.336 e. The second-order valence-electron chi connectivity index (χ2n) is 5.92. The van der Waals surface area contributed by atoms with Crippen LogP contribution in [0, 0.1) is 11.8 Å². The number of amides is 2. The molecule has 6 nitrogen and oxygen atoms in total. The van der Waals surface area contributed by atoms with Gasteiger partial charge in [-0.2, -0.15) is 0 Å². The van der Waals surface area contributed by atoms with Crippen LogP contribution in [0.15, 0.2) is 39.5 Å². The van der Waals surface area contributed by atoms with Crippen LogP contribution in [-0.4, -0.2) is 18.4 Å². The standard InChI is InChI=1S/C17H18N2O4/c1-10-8-13(10)17(22)18-7-6-15(20)19-12-3-4-14-11(9-12)2-5-16(21)23-14/h2-5,9-10,13H,6-8H2,1H3,(H,18,22)(H,19,20)/t10-,13+/m0/s1. The predicted octanol–water partition coefficient (Wildman–Crippen LogP) is 1.89. The van der Waals surface area contributed by atoms with E-state index >= 15 is 0 Å². The molecule has 0 unspecified atom stereocenters. The van der Waals surface area contributed by atoms with Crippen LogP contribution in [0.3, 0.4) is 0 Å². The smallest absolute Gasteiger partial charge is 0.336 e. The van der Waals surface area contributed by atoms with Crippen LogP contribution in [0.5, 0.6) is 0 Å². The normalized spacial score (nSPS) is 19.3. The summed E-state index contributed by atoms with van der Waals surface area (Å²) in [7, 11) is 0. The van der Waals surface area contributed by atoms with E-state index in [-0.39, 0.29) is 24.2 Å². The second kappa shape index (κ2) is 6.24. The van der Waals surface area contributed by atoms with Crippen LogP contribution < -0.4 is 16.3 Å². The minimum atomic E-state index is -0.407. The second-order valence-corrected chi connectivity index (χ2v) is 5.92. The Morgan fingerprint density at radius 2 is 2.04 bits per heavy atom. The lowest BCUT2D eigenvalue weighted by Gasteiger charge is -2.07. The summed E-state index contributed by atoms with van der Waals surface area (Å²) in [5, 5.41) is 6.28. The molecule has 2 aromatic rings. The number of rotatable bonds is 5. The molecule has 1 aromatic heterocycles. The van der Waals surface area contributed by atoms with Crippen LogP contribution in [0.4, 0.5) is 5.69 Å². The Morgan fingerprint density at radius 1 is 1.26 bits per heavy atom. The maximum absolute atomic E-state index is 11.9. The highest BCUT2D eigenvalue weighted by molar-refractivity contribution is 5.93. The highest BCUT2D eigenvalue weighted by Crippen LogP contribution is 2.37. The van der Waals surface area contributed by atoms with Crippen LogP contribution in [0.25, 0.3) is 11.0 Å². The van der Waals surface area contributed by atoms with Gasteiger partial charge in [-0.05, 0) is 36.6 Å². The van der Waals surface area contributed by atoms with Gasteiger partial charge in [0.05, 0.1) is 0 Å². The van der Waals surface area contributed by atoms with Gasteiger partial charge in [-0.3, -0.25) is 9.59 Å². The predicted molar refractivity (Wildman–Crippen MR) is 86.0 cm³/mol. The largest absolute Gasteiger partial charge is 0.423 e. The van der Waals surface area contributed by atoms with E-state index in [9.17, 15) is 14.4 Å². The third-order valence-electron chi connectivity index (χ3n) is 4.00. The fourth-order valence-corrected chi connectivity index (χ4v) is 2.49. The maximum atomic E-state index is 11.9. The molecule has 0 bridgehead atoms. The summed E-state index contributed by atoms with van der Waals surface area (Å²) in [5.41, 5.74) is 0.690. The summed E-state index contributed by atoms with van der Waals surface area (Å²) in [6.45, 7) is 2.37. The Balaban J connectivity index is 1.52. The fourth-order valence-electron chi connectivity index (χ4n) is 2.49. The Labute approximate surface area is 132 Å². The summed E-state index contributed by atoms with van der Waals surface area (Å²) < 4.78 is 5.03. The number of carbonyl (C=O) groups is 2. The van der Waals surface area contributed by atoms with E-state index in [1.54, 1.807) is 24.3 Å². The van der Waals surface area contributed by atoms with Gasteiger partial charge in [0.15, 0.2) is 0 Å². The van der Waals surface area contributed by atoms with Crippen molar-refractivity contribution in [1.29, 1.82) is 0 Å². The van der Waals surface area contributed by atoms with Crippen molar-refractivity contribution in [2.45, 2.75) is 19.8 Å². The van der Waals surface area contributed by atoms with Gasteiger partial charge in [-0.15, -0.1) is 0 Å². The molecule has 1 aliphatic rings. The topological polar surface area (TPSA) is 88.4 Å². The van der Waals surface area contributed by atoms with Gasteiger partial charge in [0.2, 0.25) is 11.8 Å². The molecule has 3 rings (SSSR count). The molecule has 120 valence electrons. The van der Waals surface area contributed by atoms with Gasteiger partial charge in [0.1, 0.15) is 5.58 Å². The number of anilines is 1. The molecule has 1 saturated carbocycles. The van der Waals surface area contributed by atoms with Crippen LogP contribution in [-0.2, 0) is 9.59 Å². The Morgan fingerprint density at radius 3 is 2.78 bits per heavy atom. The fraction of sp³-hybridized carbons (Fsp3) is 0.353. The Hall–Kier alpha value is -2.63. The lowest BCUT2D eigenvalue weighted by atomic mass is 10.2. The average Bonchev–Trinajstić information content (AvgIpc) is 3.24. The van der Waals surface area contributed by atoms with E-state index in [0.717, 1.165) is 11.8 Å². The first kappa shape index (κ1) is 15.3. The number of fused-ring (bicyclic) bond motifs is 1. The monoisotopic (exact) mass is 314 g/mol. The zero-order chi connectivity index (χ0) is 16.4. The van der Waals surface area contributed by atoms with Gasteiger partial charge < -0.3 is 15.1 Å². The first-order chi connectivity index (χ1) is 11.0. The summed E-state index contributed by atoms with van der Waals surface area (Å²) in [5.74, 6) is 0.437. The first-order valence-corrected chi connectivity index (χ1v) is 7.64. The number of hydrogen-bond donors (Lipinski definition) is 2. The van der Waals surface area contributed by atoms with Gasteiger partial charge >= 0.3 is 5.63 Å². The third kappa shape index (κ3) is 3.77. The molecule has 1 aromatic carbocycles. The van der Waals surface area contributed by atoms with Crippen LogP contribution >= 0.6 is 0 Å². The number of benzene rings is 1. The molecule has 6 heteroatoms. The summed E-state index contributed by atoms with van der Waals surface area (Å²) >= 11 is 0. The summed E-state index contributed by atoms with van der Waals surface area (Å²) in [4.78, 5) is 34.7. The van der Waals surface area contributed by atoms with Crippen molar-refractivity contribution >= 4 is 28.5 Å².